The number of benzene rings is 1. The number of hydrogen-bond donors (Lipinski definition) is 4. The average molecular weight is 874 g/mol. The van der Waals surface area contributed by atoms with E-state index in [4.69, 9.17) is 33.2 Å². The fourth-order valence-corrected chi connectivity index (χ4v) is 5.24. The number of hydrogen-bond acceptors (Lipinski definition) is 17. The van der Waals surface area contributed by atoms with Gasteiger partial charge in [-0.1, -0.05) is 0 Å². The summed E-state index contributed by atoms with van der Waals surface area (Å²) < 4.78 is 37.9. The van der Waals surface area contributed by atoms with Gasteiger partial charge in [-0.3, -0.25) is 33.7 Å². The maximum Gasteiger partial charge on any atom is 0.253 e. The van der Waals surface area contributed by atoms with Gasteiger partial charge in [0.15, 0.2) is 5.82 Å². The Morgan fingerprint density at radius 1 is 0.613 bits per heavy atom. The summed E-state index contributed by atoms with van der Waals surface area (Å²) in [6.07, 6.45) is 3.00. The third-order valence-electron chi connectivity index (χ3n) is 8.51. The highest BCUT2D eigenvalue weighted by Gasteiger charge is 2.24. The zero-order chi connectivity index (χ0) is 44.6. The topological polar surface area (TPSA) is 270 Å². The number of nitrogens with zero attached hydrogens (tertiary/aromatic N) is 5. The van der Waals surface area contributed by atoms with Gasteiger partial charge in [0.1, 0.15) is 11.8 Å². The van der Waals surface area contributed by atoms with Crippen LogP contribution in [-0.2, 0) is 57.2 Å². The molecule has 6 amide bonds. The van der Waals surface area contributed by atoms with E-state index in [2.05, 4.69) is 41.7 Å². The summed E-state index contributed by atoms with van der Waals surface area (Å²) in [5.41, 5.74) is 0.754. The summed E-state index contributed by atoms with van der Waals surface area (Å²) in [5.74, 6) is -0.701. The quantitative estimate of drug-likeness (QED) is 0.0481. The molecule has 62 heavy (non-hydrogen) atoms. The van der Waals surface area contributed by atoms with Crippen LogP contribution < -0.4 is 26.0 Å². The molecule has 2 heterocycles. The first kappa shape index (κ1) is 50.8. The van der Waals surface area contributed by atoms with Crippen LogP contribution in [0.4, 0.5) is 0 Å². The molecule has 342 valence electrons. The maximum absolute atomic E-state index is 13.0. The molecule has 0 saturated carbocycles. The number of carbonyl (C=O) groups excluding carboxylic acids is 6. The monoisotopic (exact) mass is 873 g/mol. The van der Waals surface area contributed by atoms with Crippen LogP contribution in [0.1, 0.15) is 37.9 Å². The van der Waals surface area contributed by atoms with Gasteiger partial charge in [-0.25, -0.2) is 0 Å². The molecule has 0 fully saturated rings. The van der Waals surface area contributed by atoms with Crippen molar-refractivity contribution in [1.82, 2.24) is 46.6 Å². The van der Waals surface area contributed by atoms with Crippen LogP contribution >= 0.6 is 0 Å². The number of aromatic nitrogens is 4. The number of aryl methyl sites for hydroxylation is 1. The van der Waals surface area contributed by atoms with Crippen LogP contribution in [0.3, 0.4) is 0 Å². The number of nitrogens with one attached hydrogen (secondary N) is 4. The summed E-state index contributed by atoms with van der Waals surface area (Å²) in [4.78, 5) is 74.2. The molecular formula is C40H59N9O13. The Balaban J connectivity index is 1.20. The summed E-state index contributed by atoms with van der Waals surface area (Å²) in [5, 5.41) is 26.8. The van der Waals surface area contributed by atoms with E-state index in [1.54, 1.807) is 38.3 Å². The molecule has 1 aromatic carbocycles. The minimum Gasteiger partial charge on any atom is -0.494 e. The van der Waals surface area contributed by atoms with Gasteiger partial charge in [0, 0.05) is 70.3 Å². The highest BCUT2D eigenvalue weighted by Crippen LogP contribution is 2.18. The Labute approximate surface area is 360 Å². The van der Waals surface area contributed by atoms with Gasteiger partial charge in [-0.05, 0) is 44.0 Å². The van der Waals surface area contributed by atoms with Crippen molar-refractivity contribution in [2.24, 2.45) is 0 Å². The van der Waals surface area contributed by atoms with E-state index in [0.717, 1.165) is 10.5 Å². The molecule has 0 radical (unpaired) electrons. The summed E-state index contributed by atoms with van der Waals surface area (Å²) in [6.45, 7) is 6.22. The van der Waals surface area contributed by atoms with Crippen molar-refractivity contribution in [2.45, 2.75) is 45.1 Å². The highest BCUT2D eigenvalue weighted by atomic mass is 16.6. The zero-order valence-electron chi connectivity index (χ0n) is 35.4. The predicted octanol–water partition coefficient (Wildman–Crippen LogP) is -0.941. The first-order valence-corrected chi connectivity index (χ1v) is 20.4. The van der Waals surface area contributed by atoms with E-state index < -0.39 is 29.7 Å². The summed E-state index contributed by atoms with van der Waals surface area (Å²) in [6, 6.07) is 6.24. The van der Waals surface area contributed by atoms with Crippen LogP contribution in [0.15, 0.2) is 36.4 Å². The van der Waals surface area contributed by atoms with Crippen molar-refractivity contribution in [3.05, 3.63) is 42.2 Å². The molecule has 4 N–H and O–H groups in total. The molecule has 2 aromatic rings. The Morgan fingerprint density at radius 3 is 1.79 bits per heavy atom. The molecule has 1 aliphatic heterocycles. The largest absolute Gasteiger partial charge is 0.494 e. The zero-order valence-corrected chi connectivity index (χ0v) is 35.4. The lowest BCUT2D eigenvalue weighted by Crippen LogP contribution is -2.48. The molecular weight excluding hydrogens is 814 g/mol. The lowest BCUT2D eigenvalue weighted by molar-refractivity contribution is -0.137. The first-order chi connectivity index (χ1) is 30.2. The van der Waals surface area contributed by atoms with E-state index in [1.807, 2.05) is 0 Å². The third-order valence-corrected chi connectivity index (χ3v) is 8.51. The first-order valence-electron chi connectivity index (χ1n) is 20.4. The van der Waals surface area contributed by atoms with Crippen molar-refractivity contribution in [1.29, 1.82) is 0 Å². The molecule has 1 aliphatic rings. The number of imide groups is 1. The number of methoxy groups -OCH3 is 1. The lowest BCUT2D eigenvalue weighted by atomic mass is 10.1. The van der Waals surface area contributed by atoms with Crippen molar-refractivity contribution in [2.75, 3.05) is 113 Å². The van der Waals surface area contributed by atoms with Crippen LogP contribution in [0.5, 0.6) is 5.75 Å². The highest BCUT2D eigenvalue weighted by molar-refractivity contribution is 6.13. The van der Waals surface area contributed by atoms with E-state index in [0.29, 0.717) is 76.6 Å². The van der Waals surface area contributed by atoms with Crippen LogP contribution in [0.25, 0.3) is 11.4 Å². The second-order valence-corrected chi connectivity index (χ2v) is 13.4. The summed E-state index contributed by atoms with van der Waals surface area (Å²) in [7, 11) is 1.56. The van der Waals surface area contributed by atoms with Crippen LogP contribution in [0, 0.1) is 6.92 Å². The molecule has 1 unspecified atom stereocenters. The Kier molecular flexibility index (Phi) is 25.7. The number of amides is 6. The molecule has 0 bridgehead atoms. The van der Waals surface area contributed by atoms with E-state index in [9.17, 15) is 28.8 Å². The van der Waals surface area contributed by atoms with Gasteiger partial charge < -0.3 is 54.4 Å². The number of carbonyl (C=O) groups is 6. The summed E-state index contributed by atoms with van der Waals surface area (Å²) >= 11 is 0. The Hall–Kier alpha value is -5.52. The molecule has 0 spiro atoms. The van der Waals surface area contributed by atoms with Crippen LogP contribution in [-0.4, -0.2) is 179 Å². The standard InChI is InChI=1S/C40H59N9O13/c1-30-45-47-39(48-46-30)31-4-6-32(7-5-31)62-18-3-14-41-34(50)9-8-33(40(55)43-16-21-58-23-22-56-2)44-36(52)13-19-57-24-26-60-28-29-61-27-25-59-20-15-42-35(51)12-17-49-37(53)10-11-38(49)54/h4-7,10-11,33H,3,8-9,12-29H2,1-2H3,(H,41,50)(H,42,51)(H,43,55)(H,44,52). The Morgan fingerprint density at radius 2 is 1.16 bits per heavy atom. The lowest BCUT2D eigenvalue weighted by Gasteiger charge is -2.18. The minimum atomic E-state index is -0.944. The average Bonchev–Trinajstić information content (AvgIpc) is 3.59. The van der Waals surface area contributed by atoms with E-state index >= 15 is 0 Å². The van der Waals surface area contributed by atoms with Gasteiger partial charge in [0.05, 0.1) is 79.3 Å². The third kappa shape index (κ3) is 22.4. The minimum absolute atomic E-state index is 0.00188. The van der Waals surface area contributed by atoms with Gasteiger partial charge in [-0.2, -0.15) is 0 Å². The van der Waals surface area contributed by atoms with Gasteiger partial charge in [0.25, 0.3) is 11.8 Å². The van der Waals surface area contributed by atoms with Crippen LogP contribution in [0.2, 0.25) is 0 Å². The molecule has 1 aromatic heterocycles. The fraction of sp³-hybridized carbons (Fsp3) is 0.600. The van der Waals surface area contributed by atoms with Crippen molar-refractivity contribution < 1.29 is 61.9 Å². The molecule has 1 atom stereocenters. The fourth-order valence-electron chi connectivity index (χ4n) is 5.24. The predicted molar refractivity (Wildman–Crippen MR) is 219 cm³/mol. The molecule has 0 aliphatic carbocycles. The molecule has 0 saturated heterocycles. The van der Waals surface area contributed by atoms with E-state index in [-0.39, 0.29) is 90.2 Å². The van der Waals surface area contributed by atoms with E-state index in [1.165, 1.54) is 12.2 Å². The molecule has 22 nitrogen and oxygen atoms in total. The second kappa shape index (κ2) is 31.3. The van der Waals surface area contributed by atoms with Gasteiger partial charge in [-0.15, -0.1) is 20.4 Å². The molecule has 3 rings (SSSR count). The smallest absolute Gasteiger partial charge is 0.253 e. The normalized spacial score (nSPS) is 12.6. The van der Waals surface area contributed by atoms with Gasteiger partial charge in [0.2, 0.25) is 29.5 Å². The molecule has 22 heteroatoms. The maximum atomic E-state index is 13.0. The SMILES string of the molecule is COCCOCCNC(=O)C(CCC(=O)NCCCOc1ccc(-c2nnc(C)nn2)cc1)NC(=O)CCOCCOCCOCCOCCNC(=O)CCN1C(=O)C=CC1=O. The van der Waals surface area contributed by atoms with Crippen molar-refractivity contribution in [3.63, 3.8) is 0 Å². The van der Waals surface area contributed by atoms with Crippen molar-refractivity contribution in [3.8, 4) is 17.1 Å². The van der Waals surface area contributed by atoms with Crippen molar-refractivity contribution >= 4 is 35.4 Å². The second-order valence-electron chi connectivity index (χ2n) is 13.4. The van der Waals surface area contributed by atoms with Gasteiger partial charge >= 0.3 is 0 Å². The Bertz CT molecular complexity index is 1670. The number of ether oxygens (including phenoxy) is 7. The number of rotatable bonds is 35.